The third kappa shape index (κ3) is 3.03. The molecule has 0 radical (unpaired) electrons. The van der Waals surface area contributed by atoms with Gasteiger partial charge in [0.25, 0.3) is 17.8 Å². The van der Waals surface area contributed by atoms with Gasteiger partial charge in [-0.1, -0.05) is 24.3 Å². The molecular weight excluding hydrogens is 404 g/mol. The van der Waals surface area contributed by atoms with Gasteiger partial charge in [0.15, 0.2) is 0 Å². The molecule has 0 bridgehead atoms. The first kappa shape index (κ1) is 18.6. The van der Waals surface area contributed by atoms with E-state index in [1.807, 2.05) is 0 Å². The minimum Gasteiger partial charge on any atom is -0.267 e. The molecule has 1 aliphatic heterocycles. The Morgan fingerprint density at radius 2 is 1.29 bits per heavy atom. The molecule has 9 heteroatoms. The zero-order valence-electron chi connectivity index (χ0n) is 15.8. The van der Waals surface area contributed by atoms with Crippen LogP contribution in [0.5, 0.6) is 0 Å². The van der Waals surface area contributed by atoms with Crippen molar-refractivity contribution >= 4 is 23.5 Å². The van der Waals surface area contributed by atoms with Crippen molar-refractivity contribution in [2.45, 2.75) is 0 Å². The van der Waals surface area contributed by atoms with Crippen LogP contribution in [-0.4, -0.2) is 26.6 Å². The van der Waals surface area contributed by atoms with Crippen LogP contribution in [0.25, 0.3) is 5.69 Å². The van der Waals surface area contributed by atoms with E-state index < -0.39 is 23.4 Å². The van der Waals surface area contributed by atoms with E-state index in [9.17, 15) is 18.4 Å². The number of carbonyl (C=O) groups excluding carboxylic acids is 2. The molecule has 152 valence electrons. The lowest BCUT2D eigenvalue weighted by Gasteiger charge is -2.38. The number of para-hydroxylation sites is 2. The number of anilines is 2. The van der Waals surface area contributed by atoms with E-state index in [2.05, 4.69) is 10.2 Å². The van der Waals surface area contributed by atoms with E-state index in [-0.39, 0.29) is 17.1 Å². The smallest absolute Gasteiger partial charge is 0.267 e. The molecule has 0 fully saturated rings. The van der Waals surface area contributed by atoms with Crippen molar-refractivity contribution in [3.05, 3.63) is 102 Å². The molecule has 1 aliphatic rings. The van der Waals surface area contributed by atoms with Crippen molar-refractivity contribution in [3.8, 4) is 5.69 Å². The van der Waals surface area contributed by atoms with Crippen LogP contribution in [0, 0.1) is 11.6 Å². The molecule has 0 saturated heterocycles. The number of rotatable bonds is 2. The second kappa shape index (κ2) is 7.13. The van der Waals surface area contributed by atoms with Crippen molar-refractivity contribution in [3.63, 3.8) is 0 Å². The summed E-state index contributed by atoms with van der Waals surface area (Å²) in [6.45, 7) is 0. The fourth-order valence-corrected chi connectivity index (χ4v) is 3.46. The average Bonchev–Trinajstić information content (AvgIpc) is 3.27. The van der Waals surface area contributed by atoms with E-state index >= 15 is 0 Å². The molecule has 7 nitrogen and oxygen atoms in total. The SMILES string of the molecule is O=C(c1cccc(F)c1)N1c2ccccc2-n2cnnc2N1C(=O)c1cccc(F)c1. The van der Waals surface area contributed by atoms with E-state index in [0.717, 1.165) is 22.2 Å². The molecule has 0 aliphatic carbocycles. The van der Waals surface area contributed by atoms with Crippen molar-refractivity contribution < 1.29 is 18.4 Å². The summed E-state index contributed by atoms with van der Waals surface area (Å²) in [5.41, 5.74) is 0.940. The number of amides is 2. The van der Waals surface area contributed by atoms with Crippen LogP contribution in [0.15, 0.2) is 79.1 Å². The minimum atomic E-state index is -0.701. The van der Waals surface area contributed by atoms with Gasteiger partial charge in [0.2, 0.25) is 0 Å². The lowest BCUT2D eigenvalue weighted by Crippen LogP contribution is -2.54. The van der Waals surface area contributed by atoms with Crippen LogP contribution in [-0.2, 0) is 0 Å². The van der Waals surface area contributed by atoms with Gasteiger partial charge in [-0.15, -0.1) is 10.2 Å². The van der Waals surface area contributed by atoms with E-state index in [4.69, 9.17) is 0 Å². The Morgan fingerprint density at radius 3 is 1.90 bits per heavy atom. The predicted molar refractivity (Wildman–Crippen MR) is 108 cm³/mol. The van der Waals surface area contributed by atoms with Gasteiger partial charge in [-0.25, -0.2) is 13.8 Å². The van der Waals surface area contributed by atoms with Crippen molar-refractivity contribution in [2.75, 3.05) is 10.0 Å². The van der Waals surface area contributed by atoms with Gasteiger partial charge in [0, 0.05) is 11.1 Å². The molecule has 2 heterocycles. The summed E-state index contributed by atoms with van der Waals surface area (Å²) in [4.78, 5) is 26.9. The molecule has 0 spiro atoms. The highest BCUT2D eigenvalue weighted by atomic mass is 19.1. The highest BCUT2D eigenvalue weighted by molar-refractivity contribution is 6.17. The number of aromatic nitrogens is 3. The number of benzene rings is 3. The molecule has 2 amide bonds. The highest BCUT2D eigenvalue weighted by Gasteiger charge is 2.39. The van der Waals surface area contributed by atoms with E-state index in [1.165, 1.54) is 42.7 Å². The van der Waals surface area contributed by atoms with Gasteiger partial charge < -0.3 is 0 Å². The average molecular weight is 417 g/mol. The third-order valence-corrected chi connectivity index (χ3v) is 4.82. The number of fused-ring (bicyclic) bond motifs is 3. The second-order valence-electron chi connectivity index (χ2n) is 6.74. The van der Waals surface area contributed by atoms with Gasteiger partial charge in [-0.2, -0.15) is 5.01 Å². The summed E-state index contributed by atoms with van der Waals surface area (Å²) in [6.07, 6.45) is 1.41. The van der Waals surface area contributed by atoms with Crippen molar-refractivity contribution in [2.24, 2.45) is 0 Å². The van der Waals surface area contributed by atoms with Crippen LogP contribution in [0.4, 0.5) is 20.4 Å². The molecule has 0 saturated carbocycles. The normalized spacial score (nSPS) is 12.3. The van der Waals surface area contributed by atoms with Gasteiger partial charge >= 0.3 is 0 Å². The molecule has 0 N–H and O–H groups in total. The van der Waals surface area contributed by atoms with Crippen LogP contribution in [0.2, 0.25) is 0 Å². The number of nitrogens with zero attached hydrogens (tertiary/aromatic N) is 5. The maximum atomic E-state index is 13.8. The summed E-state index contributed by atoms with van der Waals surface area (Å²) in [5, 5.41) is 9.99. The standard InChI is InChI=1S/C22H13F2N5O2/c23-16-7-3-5-14(11-16)20(30)28-19-10-2-1-9-18(19)27-13-25-26-22(27)29(28)21(31)15-6-4-8-17(24)12-15/h1-13H. The highest BCUT2D eigenvalue weighted by Crippen LogP contribution is 2.36. The Hall–Kier alpha value is -4.40. The molecule has 3 aromatic carbocycles. The van der Waals surface area contributed by atoms with E-state index in [1.54, 1.807) is 28.8 Å². The Balaban J connectivity index is 1.72. The van der Waals surface area contributed by atoms with Gasteiger partial charge in [0.05, 0.1) is 11.4 Å². The maximum Gasteiger partial charge on any atom is 0.280 e. The van der Waals surface area contributed by atoms with Gasteiger partial charge in [0.1, 0.15) is 18.0 Å². The number of halogens is 2. The Kier molecular flexibility index (Phi) is 4.28. The van der Waals surface area contributed by atoms with Crippen LogP contribution >= 0.6 is 0 Å². The van der Waals surface area contributed by atoms with Crippen LogP contribution in [0.3, 0.4) is 0 Å². The van der Waals surface area contributed by atoms with Gasteiger partial charge in [-0.05, 0) is 48.5 Å². The van der Waals surface area contributed by atoms with Crippen molar-refractivity contribution in [1.29, 1.82) is 0 Å². The molecule has 4 aromatic rings. The summed E-state index contributed by atoms with van der Waals surface area (Å²) in [5.74, 6) is -2.52. The van der Waals surface area contributed by atoms with Gasteiger partial charge in [-0.3, -0.25) is 14.2 Å². The zero-order valence-corrected chi connectivity index (χ0v) is 15.8. The topological polar surface area (TPSA) is 71.3 Å². The first-order valence-electron chi connectivity index (χ1n) is 9.24. The molecule has 31 heavy (non-hydrogen) atoms. The summed E-state index contributed by atoms with van der Waals surface area (Å²) in [7, 11) is 0. The molecule has 0 unspecified atom stereocenters. The molecule has 0 atom stereocenters. The number of hydrogen-bond donors (Lipinski definition) is 0. The number of hydrogen-bond acceptors (Lipinski definition) is 4. The molecule has 5 rings (SSSR count). The van der Waals surface area contributed by atoms with Crippen molar-refractivity contribution in [1.82, 2.24) is 14.8 Å². The lowest BCUT2D eigenvalue weighted by atomic mass is 10.1. The monoisotopic (exact) mass is 417 g/mol. The lowest BCUT2D eigenvalue weighted by molar-refractivity contribution is 0.0918. The fraction of sp³-hybridized carbons (Fsp3) is 0. The predicted octanol–water partition coefficient (Wildman–Crippen LogP) is 3.77. The first-order chi connectivity index (χ1) is 15.0. The quantitative estimate of drug-likeness (QED) is 0.498. The fourth-order valence-electron chi connectivity index (χ4n) is 3.46. The Bertz CT molecular complexity index is 1340. The summed E-state index contributed by atoms with van der Waals surface area (Å²) in [6, 6.07) is 17.1. The molecular formula is C22H13F2N5O2. The number of hydrazine groups is 1. The van der Waals surface area contributed by atoms with E-state index in [0.29, 0.717) is 11.4 Å². The minimum absolute atomic E-state index is 0.00553. The van der Waals surface area contributed by atoms with Crippen LogP contribution < -0.4 is 10.0 Å². The Labute approximate surface area is 174 Å². The third-order valence-electron chi connectivity index (χ3n) is 4.82. The largest absolute Gasteiger partial charge is 0.280 e. The Morgan fingerprint density at radius 1 is 0.710 bits per heavy atom. The number of carbonyl (C=O) groups is 2. The van der Waals surface area contributed by atoms with Crippen LogP contribution in [0.1, 0.15) is 20.7 Å². The second-order valence-corrected chi connectivity index (χ2v) is 6.74. The first-order valence-corrected chi connectivity index (χ1v) is 9.24. The summed E-state index contributed by atoms with van der Waals surface area (Å²) >= 11 is 0. The zero-order chi connectivity index (χ0) is 21.5. The summed E-state index contributed by atoms with van der Waals surface area (Å²) < 4.78 is 29.2. The molecule has 1 aromatic heterocycles. The maximum absolute atomic E-state index is 13.8.